The van der Waals surface area contributed by atoms with Gasteiger partial charge in [-0.3, -0.25) is 0 Å². The summed E-state index contributed by atoms with van der Waals surface area (Å²) in [6.07, 6.45) is 4.83. The van der Waals surface area contributed by atoms with E-state index in [0.29, 0.717) is 24.0 Å². The second-order valence-electron chi connectivity index (χ2n) is 6.46. The van der Waals surface area contributed by atoms with E-state index in [4.69, 9.17) is 21.1 Å². The lowest BCUT2D eigenvalue weighted by atomic mass is 9.80. The molecule has 0 spiro atoms. The zero-order valence-electron chi connectivity index (χ0n) is 15.2. The Morgan fingerprint density at radius 2 is 1.96 bits per heavy atom. The molecule has 24 heavy (non-hydrogen) atoms. The Labute approximate surface area is 150 Å². The van der Waals surface area contributed by atoms with Crippen molar-refractivity contribution in [1.82, 2.24) is 0 Å². The van der Waals surface area contributed by atoms with Crippen molar-refractivity contribution in [2.24, 2.45) is 0 Å². The summed E-state index contributed by atoms with van der Waals surface area (Å²) in [4.78, 5) is 10.9. The number of halogens is 1. The number of hydrogen-bond donors (Lipinski definition) is 0. The van der Waals surface area contributed by atoms with Gasteiger partial charge in [-0.15, -0.1) is 0 Å². The predicted molar refractivity (Wildman–Crippen MR) is 97.0 cm³/mol. The molecule has 0 saturated carbocycles. The van der Waals surface area contributed by atoms with Crippen LogP contribution in [-0.2, 0) is 19.7 Å². The van der Waals surface area contributed by atoms with Crippen molar-refractivity contribution in [1.29, 1.82) is 0 Å². The maximum absolute atomic E-state index is 10.9. The minimum absolute atomic E-state index is 0.0710. The molecule has 0 saturated heterocycles. The van der Waals surface area contributed by atoms with Gasteiger partial charge in [-0.1, -0.05) is 57.7 Å². The second kappa shape index (κ2) is 10.6. The number of methoxy groups -OCH3 is 1. The van der Waals surface area contributed by atoms with Gasteiger partial charge in [0.05, 0.1) is 18.7 Å². The first-order chi connectivity index (χ1) is 11.4. The fraction of sp³-hybridized carbons (Fsp3) is 0.632. The lowest BCUT2D eigenvalue weighted by Crippen LogP contribution is -2.17. The monoisotopic (exact) mass is 356 g/mol. The molecule has 0 aliphatic carbocycles. The maximum Gasteiger partial charge on any atom is 0.331 e. The zero-order valence-corrected chi connectivity index (χ0v) is 15.9. The van der Waals surface area contributed by atoms with Crippen LogP contribution in [0.5, 0.6) is 5.75 Å². The van der Waals surface area contributed by atoms with Crippen LogP contribution >= 0.6 is 11.6 Å². The molecule has 0 amide bonds. The summed E-state index contributed by atoms with van der Waals surface area (Å²) >= 11 is 6.34. The van der Waals surface area contributed by atoms with Crippen LogP contribution < -0.4 is 4.74 Å². The Morgan fingerprint density at radius 3 is 2.58 bits per heavy atom. The number of hydrogen-bond acceptors (Lipinski definition) is 4. The van der Waals surface area contributed by atoms with Gasteiger partial charge in [-0.2, -0.15) is 0 Å². The molecule has 1 aromatic carbocycles. The Kier molecular flexibility index (Phi) is 9.16. The molecule has 0 unspecified atom stereocenters. The normalized spacial score (nSPS) is 11.4. The highest BCUT2D eigenvalue weighted by atomic mass is 35.5. The highest BCUT2D eigenvalue weighted by Crippen LogP contribution is 2.34. The van der Waals surface area contributed by atoms with Crippen LogP contribution in [-0.4, -0.2) is 32.9 Å². The van der Waals surface area contributed by atoms with E-state index in [2.05, 4.69) is 31.6 Å². The third-order valence-electron chi connectivity index (χ3n) is 4.05. The summed E-state index contributed by atoms with van der Waals surface area (Å²) in [5.41, 5.74) is 1.32. The molecule has 0 fully saturated rings. The molecule has 1 aromatic rings. The fourth-order valence-corrected chi connectivity index (χ4v) is 2.66. The van der Waals surface area contributed by atoms with E-state index in [1.54, 1.807) is 0 Å². The Morgan fingerprint density at radius 1 is 1.21 bits per heavy atom. The molecule has 0 bridgehead atoms. The molecule has 5 heteroatoms. The highest BCUT2D eigenvalue weighted by Gasteiger charge is 2.21. The lowest BCUT2D eigenvalue weighted by molar-refractivity contribution is -0.146. The van der Waals surface area contributed by atoms with Crippen LogP contribution in [0.2, 0.25) is 5.02 Å². The van der Waals surface area contributed by atoms with E-state index in [9.17, 15) is 4.79 Å². The maximum atomic E-state index is 10.9. The lowest BCUT2D eigenvalue weighted by Gasteiger charge is -2.26. The molecule has 0 aliphatic heterocycles. The summed E-state index contributed by atoms with van der Waals surface area (Å²) in [6.45, 7) is 7.26. The van der Waals surface area contributed by atoms with Crippen molar-refractivity contribution in [2.45, 2.75) is 51.9 Å². The van der Waals surface area contributed by atoms with Crippen LogP contribution in [0.3, 0.4) is 0 Å². The number of esters is 1. The third-order valence-corrected chi connectivity index (χ3v) is 4.35. The standard InChI is InChI=1S/C19H29ClO4/c1-5-6-7-10-19(2,3)15-8-9-17(16(20)13-15)24-12-11-23-14-18(21)22-4/h8-9,13H,5-7,10-12,14H2,1-4H3. The van der Waals surface area contributed by atoms with Crippen molar-refractivity contribution >= 4 is 17.6 Å². The topological polar surface area (TPSA) is 44.8 Å². The van der Waals surface area contributed by atoms with Crippen molar-refractivity contribution in [3.05, 3.63) is 28.8 Å². The van der Waals surface area contributed by atoms with Crippen LogP contribution in [0, 0.1) is 0 Å². The quantitative estimate of drug-likeness (QED) is 0.423. The molecule has 0 N–H and O–H groups in total. The van der Waals surface area contributed by atoms with Crippen molar-refractivity contribution < 1.29 is 19.0 Å². The first kappa shape index (κ1) is 20.8. The van der Waals surface area contributed by atoms with Gasteiger partial charge < -0.3 is 14.2 Å². The number of carbonyl (C=O) groups is 1. The second-order valence-corrected chi connectivity index (χ2v) is 6.87. The van der Waals surface area contributed by atoms with Crippen LogP contribution in [0.15, 0.2) is 18.2 Å². The molecule has 1 rings (SSSR count). The first-order valence-corrected chi connectivity index (χ1v) is 8.86. The van der Waals surface area contributed by atoms with Crippen molar-refractivity contribution in [3.63, 3.8) is 0 Å². The number of benzene rings is 1. The van der Waals surface area contributed by atoms with E-state index < -0.39 is 5.97 Å². The zero-order chi connectivity index (χ0) is 18.0. The van der Waals surface area contributed by atoms with Crippen LogP contribution in [0.4, 0.5) is 0 Å². The molecule has 0 aliphatic rings. The van der Waals surface area contributed by atoms with Crippen molar-refractivity contribution in [3.8, 4) is 5.75 Å². The molecule has 0 atom stereocenters. The van der Waals surface area contributed by atoms with Gasteiger partial charge in [-0.05, 0) is 29.5 Å². The van der Waals surface area contributed by atoms with Gasteiger partial charge in [0.2, 0.25) is 0 Å². The van der Waals surface area contributed by atoms with Crippen LogP contribution in [0.1, 0.15) is 52.0 Å². The van der Waals surface area contributed by atoms with Gasteiger partial charge in [-0.25, -0.2) is 4.79 Å². The Balaban J connectivity index is 2.50. The number of rotatable bonds is 11. The van der Waals surface area contributed by atoms with E-state index in [0.717, 1.165) is 6.42 Å². The van der Waals surface area contributed by atoms with Gasteiger partial charge in [0, 0.05) is 0 Å². The molecular formula is C19H29ClO4. The average Bonchev–Trinajstić information content (AvgIpc) is 2.55. The first-order valence-electron chi connectivity index (χ1n) is 8.48. The SMILES string of the molecule is CCCCCC(C)(C)c1ccc(OCCOCC(=O)OC)c(Cl)c1. The van der Waals surface area contributed by atoms with Gasteiger partial charge >= 0.3 is 5.97 Å². The Bertz CT molecular complexity index is 514. The molecule has 4 nitrogen and oxygen atoms in total. The van der Waals surface area contributed by atoms with Crippen LogP contribution in [0.25, 0.3) is 0 Å². The van der Waals surface area contributed by atoms with Gasteiger partial charge in [0.15, 0.2) is 0 Å². The van der Waals surface area contributed by atoms with E-state index in [1.165, 1.54) is 31.9 Å². The number of ether oxygens (including phenoxy) is 3. The van der Waals surface area contributed by atoms with Gasteiger partial charge in [0.1, 0.15) is 19.0 Å². The van der Waals surface area contributed by atoms with Gasteiger partial charge in [0.25, 0.3) is 0 Å². The minimum atomic E-state index is -0.400. The summed E-state index contributed by atoms with van der Waals surface area (Å²) < 4.78 is 15.2. The van der Waals surface area contributed by atoms with E-state index in [1.807, 2.05) is 12.1 Å². The molecule has 0 aromatic heterocycles. The predicted octanol–water partition coefficient (Wildman–Crippen LogP) is 4.77. The highest BCUT2D eigenvalue weighted by molar-refractivity contribution is 6.32. The number of unbranched alkanes of at least 4 members (excludes halogenated alkanes) is 2. The summed E-state index contributed by atoms with van der Waals surface area (Å²) in [5.74, 6) is 0.231. The molecular weight excluding hydrogens is 328 g/mol. The van der Waals surface area contributed by atoms with E-state index >= 15 is 0 Å². The largest absolute Gasteiger partial charge is 0.490 e. The third kappa shape index (κ3) is 7.10. The summed E-state index contributed by atoms with van der Waals surface area (Å²) in [6, 6.07) is 5.96. The smallest absolute Gasteiger partial charge is 0.331 e. The minimum Gasteiger partial charge on any atom is -0.490 e. The average molecular weight is 357 g/mol. The van der Waals surface area contributed by atoms with Crippen molar-refractivity contribution in [2.75, 3.05) is 26.9 Å². The molecule has 136 valence electrons. The molecule has 0 radical (unpaired) electrons. The number of carbonyl (C=O) groups excluding carboxylic acids is 1. The summed E-state index contributed by atoms with van der Waals surface area (Å²) in [5, 5.41) is 0.601. The Hall–Kier alpha value is -1.26. The molecule has 0 heterocycles. The summed E-state index contributed by atoms with van der Waals surface area (Å²) in [7, 11) is 1.33. The fourth-order valence-electron chi connectivity index (χ4n) is 2.43. The van der Waals surface area contributed by atoms with E-state index in [-0.39, 0.29) is 12.0 Å².